The van der Waals surface area contributed by atoms with Crippen molar-refractivity contribution in [2.45, 2.75) is 9.79 Å². The highest BCUT2D eigenvalue weighted by molar-refractivity contribution is 7.91. The summed E-state index contributed by atoms with van der Waals surface area (Å²) in [6.07, 6.45) is 0. The topological polar surface area (TPSA) is 43.4 Å². The number of fused-ring (bicyclic) bond motifs is 3. The largest absolute Gasteiger partial charge is 0.497 e. The van der Waals surface area contributed by atoms with E-state index in [1.54, 1.807) is 54.8 Å². The Morgan fingerprint density at radius 3 is 2.03 bits per heavy atom. The minimum absolute atomic E-state index is 0.252. The SMILES string of the molecule is COc1ccc(S(=O)(=O)c2ccc(-c3cccc4c3sc3ccccc34)cc2)cc1. The van der Waals surface area contributed by atoms with Crippen molar-refractivity contribution >= 4 is 41.3 Å². The van der Waals surface area contributed by atoms with E-state index in [1.807, 2.05) is 12.1 Å². The maximum Gasteiger partial charge on any atom is 0.206 e. The van der Waals surface area contributed by atoms with Crippen molar-refractivity contribution < 1.29 is 13.2 Å². The molecule has 5 aromatic rings. The molecule has 0 saturated carbocycles. The summed E-state index contributed by atoms with van der Waals surface area (Å²) in [5, 5.41) is 2.47. The molecule has 3 nitrogen and oxygen atoms in total. The van der Waals surface area contributed by atoms with E-state index in [2.05, 4.69) is 42.5 Å². The second-order valence-corrected chi connectivity index (χ2v) is 9.99. The van der Waals surface area contributed by atoms with Gasteiger partial charge in [-0.05, 0) is 53.6 Å². The summed E-state index contributed by atoms with van der Waals surface area (Å²) in [4.78, 5) is 0.530. The Bertz CT molecular complexity index is 1460. The van der Waals surface area contributed by atoms with Crippen molar-refractivity contribution in [1.82, 2.24) is 0 Å². The third-order valence-electron chi connectivity index (χ3n) is 5.25. The third kappa shape index (κ3) is 3.07. The van der Waals surface area contributed by atoms with Crippen molar-refractivity contribution in [3.05, 3.63) is 91.0 Å². The van der Waals surface area contributed by atoms with Gasteiger partial charge in [-0.25, -0.2) is 8.42 Å². The van der Waals surface area contributed by atoms with Crippen molar-refractivity contribution in [2.24, 2.45) is 0 Å². The molecule has 0 unspecified atom stereocenters. The van der Waals surface area contributed by atoms with Gasteiger partial charge in [0.05, 0.1) is 16.9 Å². The summed E-state index contributed by atoms with van der Waals surface area (Å²) in [6.45, 7) is 0. The molecule has 0 N–H and O–H groups in total. The number of sulfone groups is 1. The Morgan fingerprint density at radius 1 is 0.700 bits per heavy atom. The van der Waals surface area contributed by atoms with Gasteiger partial charge in [0.2, 0.25) is 9.84 Å². The normalized spacial score (nSPS) is 11.8. The molecular weight excluding hydrogens is 412 g/mol. The van der Waals surface area contributed by atoms with Crippen LogP contribution in [0.5, 0.6) is 5.75 Å². The highest BCUT2D eigenvalue weighted by Crippen LogP contribution is 2.40. The first-order valence-corrected chi connectivity index (χ1v) is 11.8. The molecule has 30 heavy (non-hydrogen) atoms. The molecule has 0 amide bonds. The van der Waals surface area contributed by atoms with Crippen LogP contribution in [0.4, 0.5) is 0 Å². The van der Waals surface area contributed by atoms with Crippen molar-refractivity contribution in [2.75, 3.05) is 7.11 Å². The molecule has 0 aliphatic heterocycles. The van der Waals surface area contributed by atoms with Crippen LogP contribution in [0.25, 0.3) is 31.3 Å². The smallest absolute Gasteiger partial charge is 0.206 e. The zero-order valence-electron chi connectivity index (χ0n) is 16.2. The molecule has 0 aliphatic carbocycles. The molecule has 0 radical (unpaired) electrons. The minimum Gasteiger partial charge on any atom is -0.497 e. The second kappa shape index (κ2) is 7.27. The lowest BCUT2D eigenvalue weighted by Crippen LogP contribution is -2.01. The molecule has 0 bridgehead atoms. The number of rotatable bonds is 4. The van der Waals surface area contributed by atoms with Gasteiger partial charge in [0.15, 0.2) is 0 Å². The van der Waals surface area contributed by atoms with E-state index >= 15 is 0 Å². The van der Waals surface area contributed by atoms with Crippen LogP contribution in [0.15, 0.2) is 101 Å². The van der Waals surface area contributed by atoms with Crippen molar-refractivity contribution in [3.63, 3.8) is 0 Å². The predicted octanol–water partition coefficient (Wildman–Crippen LogP) is 6.56. The van der Waals surface area contributed by atoms with Crippen LogP contribution in [0, 0.1) is 0 Å². The summed E-state index contributed by atoms with van der Waals surface area (Å²) in [6, 6.07) is 28.2. The quantitative estimate of drug-likeness (QED) is 0.324. The Labute approximate surface area is 179 Å². The van der Waals surface area contributed by atoms with Gasteiger partial charge in [0.25, 0.3) is 0 Å². The van der Waals surface area contributed by atoms with Crippen LogP contribution in [-0.4, -0.2) is 15.5 Å². The van der Waals surface area contributed by atoms with E-state index in [0.29, 0.717) is 5.75 Å². The van der Waals surface area contributed by atoms with E-state index < -0.39 is 9.84 Å². The fraction of sp³-hybridized carbons (Fsp3) is 0.0400. The van der Waals surface area contributed by atoms with Gasteiger partial charge in [0, 0.05) is 20.2 Å². The van der Waals surface area contributed by atoms with Gasteiger partial charge in [-0.2, -0.15) is 0 Å². The molecule has 0 atom stereocenters. The first-order chi connectivity index (χ1) is 14.6. The number of thiophene rings is 1. The zero-order valence-corrected chi connectivity index (χ0v) is 17.8. The Balaban J connectivity index is 1.56. The molecule has 0 aliphatic rings. The van der Waals surface area contributed by atoms with Gasteiger partial charge in [-0.15, -0.1) is 11.3 Å². The minimum atomic E-state index is -3.58. The standard InChI is InChI=1S/C25H18O3S2/c1-28-18-11-15-20(16-12-18)30(26,27)19-13-9-17(10-14-19)21-6-4-7-23-22-5-2-3-8-24(22)29-25(21)23/h2-16H,1H3. The van der Waals surface area contributed by atoms with E-state index in [1.165, 1.54) is 20.2 Å². The van der Waals surface area contributed by atoms with E-state index in [9.17, 15) is 8.42 Å². The number of hydrogen-bond donors (Lipinski definition) is 0. The first kappa shape index (κ1) is 18.9. The maximum atomic E-state index is 13.0. The molecule has 148 valence electrons. The maximum absolute atomic E-state index is 13.0. The molecular formula is C25H18O3S2. The van der Waals surface area contributed by atoms with Gasteiger partial charge in [-0.1, -0.05) is 48.5 Å². The van der Waals surface area contributed by atoms with Gasteiger partial charge in [-0.3, -0.25) is 0 Å². The average Bonchev–Trinajstić information content (AvgIpc) is 3.18. The Kier molecular flexibility index (Phi) is 4.57. The van der Waals surface area contributed by atoms with Gasteiger partial charge < -0.3 is 4.74 Å². The van der Waals surface area contributed by atoms with Crippen LogP contribution in [-0.2, 0) is 9.84 Å². The van der Waals surface area contributed by atoms with Crippen LogP contribution in [0.1, 0.15) is 0 Å². The summed E-state index contributed by atoms with van der Waals surface area (Å²) in [7, 11) is -2.02. The second-order valence-electron chi connectivity index (χ2n) is 6.98. The van der Waals surface area contributed by atoms with Crippen LogP contribution in [0.3, 0.4) is 0 Å². The zero-order chi connectivity index (χ0) is 20.7. The highest BCUT2D eigenvalue weighted by atomic mass is 32.2. The lowest BCUT2D eigenvalue weighted by atomic mass is 10.0. The van der Waals surface area contributed by atoms with E-state index in [4.69, 9.17) is 4.74 Å². The third-order valence-corrected chi connectivity index (χ3v) is 8.26. The highest BCUT2D eigenvalue weighted by Gasteiger charge is 2.18. The van der Waals surface area contributed by atoms with Crippen LogP contribution >= 0.6 is 11.3 Å². The lowest BCUT2D eigenvalue weighted by Gasteiger charge is -2.08. The lowest BCUT2D eigenvalue weighted by molar-refractivity contribution is 0.414. The molecule has 0 fully saturated rings. The molecule has 1 heterocycles. The summed E-state index contributed by atoms with van der Waals surface area (Å²) < 4.78 is 33.5. The summed E-state index contributed by atoms with van der Waals surface area (Å²) >= 11 is 1.76. The molecule has 4 aromatic carbocycles. The average molecular weight is 431 g/mol. The number of hydrogen-bond acceptors (Lipinski definition) is 4. The number of methoxy groups -OCH3 is 1. The predicted molar refractivity (Wildman–Crippen MR) is 123 cm³/mol. The van der Waals surface area contributed by atoms with Gasteiger partial charge in [0.1, 0.15) is 5.75 Å². The Hall–Kier alpha value is -3.15. The van der Waals surface area contributed by atoms with Gasteiger partial charge >= 0.3 is 0 Å². The van der Waals surface area contributed by atoms with Crippen LogP contribution in [0.2, 0.25) is 0 Å². The van der Waals surface area contributed by atoms with Crippen molar-refractivity contribution in [1.29, 1.82) is 0 Å². The van der Waals surface area contributed by atoms with Crippen LogP contribution < -0.4 is 4.74 Å². The Morgan fingerprint density at radius 2 is 1.33 bits per heavy atom. The van der Waals surface area contributed by atoms with E-state index in [-0.39, 0.29) is 9.79 Å². The summed E-state index contributed by atoms with van der Waals surface area (Å²) in [5.41, 5.74) is 2.11. The number of ether oxygens (including phenoxy) is 1. The van der Waals surface area contributed by atoms with Crippen molar-refractivity contribution in [3.8, 4) is 16.9 Å². The number of benzene rings is 4. The summed E-state index contributed by atoms with van der Waals surface area (Å²) in [5.74, 6) is 0.626. The molecule has 0 spiro atoms. The molecule has 5 heteroatoms. The fourth-order valence-electron chi connectivity index (χ4n) is 3.68. The first-order valence-electron chi connectivity index (χ1n) is 9.48. The molecule has 0 saturated heterocycles. The monoisotopic (exact) mass is 430 g/mol. The fourth-order valence-corrected chi connectivity index (χ4v) is 6.18. The van der Waals surface area contributed by atoms with E-state index in [0.717, 1.165) is 11.1 Å². The molecule has 5 rings (SSSR count). The molecule has 1 aromatic heterocycles.